The zero-order valence-corrected chi connectivity index (χ0v) is 20.2. The molecule has 4 aromatic rings. The smallest absolute Gasteiger partial charge is 0.163 e. The Kier molecular flexibility index (Phi) is 5.40. The molecular formula is C29H28FNO3. The molecular weight excluding hydrogens is 429 g/mol. The van der Waals surface area contributed by atoms with E-state index < -0.39 is 11.7 Å². The van der Waals surface area contributed by atoms with E-state index in [-0.39, 0.29) is 11.6 Å². The van der Waals surface area contributed by atoms with Crippen molar-refractivity contribution in [1.82, 2.24) is 4.98 Å². The van der Waals surface area contributed by atoms with Crippen LogP contribution in [0.25, 0.3) is 32.8 Å². The van der Waals surface area contributed by atoms with Crippen LogP contribution in [0, 0.1) is 12.7 Å². The Morgan fingerprint density at radius 3 is 2.68 bits per heavy atom. The molecule has 5 heteroatoms. The summed E-state index contributed by atoms with van der Waals surface area (Å²) in [4.78, 5) is 17.7. The van der Waals surface area contributed by atoms with Crippen LogP contribution >= 0.6 is 0 Å². The summed E-state index contributed by atoms with van der Waals surface area (Å²) in [6.45, 7) is 9.84. The lowest BCUT2D eigenvalue weighted by molar-refractivity contribution is -0.138. The van der Waals surface area contributed by atoms with Crippen LogP contribution in [0.2, 0.25) is 0 Å². The van der Waals surface area contributed by atoms with Gasteiger partial charge in [-0.2, -0.15) is 0 Å². The second kappa shape index (κ2) is 8.17. The summed E-state index contributed by atoms with van der Waals surface area (Å²) in [5.41, 5.74) is 4.29. The number of benzene rings is 3. The fourth-order valence-electron chi connectivity index (χ4n) is 4.99. The molecule has 0 fully saturated rings. The van der Waals surface area contributed by atoms with E-state index in [0.717, 1.165) is 45.1 Å². The van der Waals surface area contributed by atoms with Gasteiger partial charge in [0, 0.05) is 34.5 Å². The summed E-state index contributed by atoms with van der Waals surface area (Å²) >= 11 is 0. The number of pyridine rings is 1. The van der Waals surface area contributed by atoms with Gasteiger partial charge in [0.15, 0.2) is 5.78 Å². The average Bonchev–Trinajstić information content (AvgIpc) is 2.77. The molecule has 0 aliphatic carbocycles. The molecule has 0 saturated heterocycles. The average molecular weight is 458 g/mol. The maximum Gasteiger partial charge on any atom is 0.163 e. The third-order valence-corrected chi connectivity index (χ3v) is 6.30. The molecule has 0 bridgehead atoms. The van der Waals surface area contributed by atoms with Gasteiger partial charge in [0.05, 0.1) is 17.7 Å². The van der Waals surface area contributed by atoms with Gasteiger partial charge in [-0.15, -0.1) is 0 Å². The van der Waals surface area contributed by atoms with Gasteiger partial charge in [0.1, 0.15) is 17.7 Å². The summed E-state index contributed by atoms with van der Waals surface area (Å²) in [6, 6.07) is 12.9. The van der Waals surface area contributed by atoms with E-state index in [9.17, 15) is 4.79 Å². The van der Waals surface area contributed by atoms with Gasteiger partial charge in [0.25, 0.3) is 0 Å². The number of hydrogen-bond acceptors (Lipinski definition) is 4. The van der Waals surface area contributed by atoms with Crippen LogP contribution in [-0.2, 0) is 16.0 Å². The number of ketones is 1. The highest BCUT2D eigenvalue weighted by Gasteiger charge is 2.31. The highest BCUT2D eigenvalue weighted by molar-refractivity contribution is 6.09. The monoisotopic (exact) mass is 457 g/mol. The number of fused-ring (bicyclic) bond motifs is 1. The lowest BCUT2D eigenvalue weighted by Crippen LogP contribution is -2.27. The maximum atomic E-state index is 15.5. The van der Waals surface area contributed by atoms with E-state index in [4.69, 9.17) is 14.5 Å². The van der Waals surface area contributed by atoms with E-state index >= 15 is 4.39 Å². The Bertz CT molecular complexity index is 1440. The minimum Gasteiger partial charge on any atom is -0.493 e. The first-order valence-electron chi connectivity index (χ1n) is 11.6. The molecule has 0 unspecified atom stereocenters. The number of aromatic nitrogens is 1. The summed E-state index contributed by atoms with van der Waals surface area (Å²) in [5.74, 6) is 0.304. The van der Waals surface area contributed by atoms with E-state index in [1.165, 1.54) is 13.0 Å². The summed E-state index contributed by atoms with van der Waals surface area (Å²) < 4.78 is 27.7. The number of carbonyl (C=O) groups excluding carboxylic acids is 1. The van der Waals surface area contributed by atoms with Crippen LogP contribution in [0.5, 0.6) is 5.75 Å². The Hall–Kier alpha value is -3.31. The largest absolute Gasteiger partial charge is 0.493 e. The fourth-order valence-corrected chi connectivity index (χ4v) is 4.99. The minimum atomic E-state index is -0.846. The Labute approximate surface area is 198 Å². The molecule has 3 aromatic carbocycles. The molecule has 34 heavy (non-hydrogen) atoms. The van der Waals surface area contributed by atoms with Crippen molar-refractivity contribution in [2.75, 3.05) is 6.61 Å². The first-order valence-corrected chi connectivity index (χ1v) is 11.6. The molecule has 1 aromatic heterocycles. The SMILES string of the molecule is CC(=O)[C@@H](OC(C)(C)C)c1c(C)cc2cccc(F)c2c1-c1ccc2c3c(ccnc13)CCO2. The van der Waals surface area contributed by atoms with Crippen LogP contribution in [0.15, 0.2) is 48.7 Å². The number of carbonyl (C=O) groups is 1. The summed E-state index contributed by atoms with van der Waals surface area (Å²) in [7, 11) is 0. The van der Waals surface area contributed by atoms with Crippen molar-refractivity contribution in [2.45, 2.75) is 52.7 Å². The Morgan fingerprint density at radius 2 is 1.94 bits per heavy atom. The van der Waals surface area contributed by atoms with Gasteiger partial charge < -0.3 is 9.47 Å². The van der Waals surface area contributed by atoms with Crippen LogP contribution in [0.4, 0.5) is 4.39 Å². The number of hydrogen-bond donors (Lipinski definition) is 0. The first-order chi connectivity index (χ1) is 16.2. The minimum absolute atomic E-state index is 0.131. The van der Waals surface area contributed by atoms with Gasteiger partial charge in [-0.05, 0) is 81.0 Å². The van der Waals surface area contributed by atoms with Gasteiger partial charge >= 0.3 is 0 Å². The van der Waals surface area contributed by atoms with Crippen molar-refractivity contribution in [3.05, 3.63) is 71.2 Å². The number of halogens is 1. The number of rotatable bonds is 4. The molecule has 0 saturated carbocycles. The first kappa shape index (κ1) is 22.5. The lowest BCUT2D eigenvalue weighted by atomic mass is 9.84. The molecule has 0 spiro atoms. The van der Waals surface area contributed by atoms with Crippen molar-refractivity contribution in [3.63, 3.8) is 0 Å². The van der Waals surface area contributed by atoms with Gasteiger partial charge in [0.2, 0.25) is 0 Å². The standard InChI is InChI=1S/C29H28FNO3/c1-16-15-19-7-6-8-21(30)24(19)26(23(16)28(17(2)32)34-29(3,4)5)20-9-10-22-25-18(12-14-33-22)11-13-31-27(20)25/h6-11,13,15,28H,12,14H2,1-5H3/t28-/m1/s1. The predicted molar refractivity (Wildman–Crippen MR) is 133 cm³/mol. The number of ether oxygens (including phenoxy) is 2. The van der Waals surface area contributed by atoms with Gasteiger partial charge in [-0.25, -0.2) is 4.39 Å². The van der Waals surface area contributed by atoms with Crippen LogP contribution in [0.1, 0.15) is 50.5 Å². The van der Waals surface area contributed by atoms with Crippen molar-refractivity contribution in [3.8, 4) is 16.9 Å². The topological polar surface area (TPSA) is 48.4 Å². The predicted octanol–water partition coefficient (Wildman–Crippen LogP) is 6.88. The lowest BCUT2D eigenvalue weighted by Gasteiger charge is -2.30. The molecule has 5 rings (SSSR count). The molecule has 1 atom stereocenters. The maximum absolute atomic E-state index is 15.5. The van der Waals surface area contributed by atoms with E-state index in [0.29, 0.717) is 23.1 Å². The van der Waals surface area contributed by atoms with Gasteiger partial charge in [-0.1, -0.05) is 18.2 Å². The second-order valence-corrected chi connectivity index (χ2v) is 9.94. The zero-order chi connectivity index (χ0) is 24.2. The van der Waals surface area contributed by atoms with Crippen LogP contribution < -0.4 is 4.74 Å². The number of nitrogens with zero attached hydrogens (tertiary/aromatic N) is 1. The fraction of sp³-hybridized carbons (Fsp3) is 0.310. The van der Waals surface area contributed by atoms with Crippen LogP contribution in [-0.4, -0.2) is 23.0 Å². The molecule has 0 N–H and O–H groups in total. The third-order valence-electron chi connectivity index (χ3n) is 6.30. The van der Waals surface area contributed by atoms with Crippen molar-refractivity contribution < 1.29 is 18.7 Å². The van der Waals surface area contributed by atoms with Gasteiger partial charge in [-0.3, -0.25) is 9.78 Å². The Morgan fingerprint density at radius 1 is 1.15 bits per heavy atom. The molecule has 4 nitrogen and oxygen atoms in total. The molecule has 1 aliphatic rings. The normalized spacial score (nSPS) is 14.3. The summed E-state index contributed by atoms with van der Waals surface area (Å²) in [5, 5.41) is 2.18. The molecule has 0 amide bonds. The molecule has 2 heterocycles. The highest BCUT2D eigenvalue weighted by atomic mass is 19.1. The van der Waals surface area contributed by atoms with Crippen molar-refractivity contribution in [1.29, 1.82) is 0 Å². The van der Waals surface area contributed by atoms with E-state index in [1.54, 1.807) is 12.3 Å². The molecule has 1 aliphatic heterocycles. The van der Waals surface area contributed by atoms with Crippen molar-refractivity contribution >= 4 is 27.5 Å². The third kappa shape index (κ3) is 3.74. The molecule has 0 radical (unpaired) electrons. The number of Topliss-reactive ketones (excluding diaryl/α,β-unsaturated/α-hetero) is 1. The van der Waals surface area contributed by atoms with Crippen molar-refractivity contribution in [2.24, 2.45) is 0 Å². The zero-order valence-electron chi connectivity index (χ0n) is 20.2. The number of aryl methyl sites for hydroxylation is 1. The summed E-state index contributed by atoms with van der Waals surface area (Å²) in [6.07, 6.45) is 1.73. The second-order valence-electron chi connectivity index (χ2n) is 9.94. The quantitative estimate of drug-likeness (QED) is 0.335. The van der Waals surface area contributed by atoms with Crippen LogP contribution in [0.3, 0.4) is 0 Å². The Balaban J connectivity index is 1.94. The molecule has 174 valence electrons. The van der Waals surface area contributed by atoms with E-state index in [1.807, 2.05) is 58.0 Å². The van der Waals surface area contributed by atoms with E-state index in [2.05, 4.69) is 0 Å². The highest BCUT2D eigenvalue weighted by Crippen LogP contribution is 2.45.